The highest BCUT2D eigenvalue weighted by molar-refractivity contribution is 5.85. The van der Waals surface area contributed by atoms with Crippen LogP contribution >= 0.6 is 0 Å². The molecule has 0 spiro atoms. The van der Waals surface area contributed by atoms with Crippen LogP contribution in [-0.4, -0.2) is 17.0 Å². The van der Waals surface area contributed by atoms with Gasteiger partial charge in [-0.15, -0.1) is 0 Å². The number of aliphatic carboxylic acids is 1. The first-order chi connectivity index (χ1) is 10.6. The molecule has 1 N–H and O–H groups in total. The first-order valence-corrected chi connectivity index (χ1v) is 6.89. The molecule has 2 aromatic rings. The Labute approximate surface area is 128 Å². The average molecular weight is 296 g/mol. The van der Waals surface area contributed by atoms with Gasteiger partial charge in [-0.05, 0) is 35.8 Å². The van der Waals surface area contributed by atoms with E-state index < -0.39 is 5.97 Å². The number of carbonyl (C=O) groups is 2. The molecule has 0 unspecified atom stereocenters. The summed E-state index contributed by atoms with van der Waals surface area (Å²) in [5, 5.41) is 8.60. The summed E-state index contributed by atoms with van der Waals surface area (Å²) in [6, 6.07) is 16.4. The van der Waals surface area contributed by atoms with Crippen molar-refractivity contribution in [3.63, 3.8) is 0 Å². The van der Waals surface area contributed by atoms with E-state index in [2.05, 4.69) is 0 Å². The lowest BCUT2D eigenvalue weighted by molar-refractivity contribution is -0.134. The number of carboxylic acid groups (broad SMARTS) is 1. The van der Waals surface area contributed by atoms with Crippen molar-refractivity contribution < 1.29 is 19.4 Å². The molecule has 0 aliphatic rings. The first-order valence-electron chi connectivity index (χ1n) is 6.89. The van der Waals surface area contributed by atoms with Gasteiger partial charge in [-0.2, -0.15) is 0 Å². The Morgan fingerprint density at radius 2 is 1.82 bits per heavy atom. The van der Waals surface area contributed by atoms with Crippen molar-refractivity contribution in [2.45, 2.75) is 12.8 Å². The molecular weight excluding hydrogens is 280 g/mol. The zero-order chi connectivity index (χ0) is 15.8. The van der Waals surface area contributed by atoms with Crippen molar-refractivity contribution in [1.82, 2.24) is 0 Å². The van der Waals surface area contributed by atoms with Crippen LogP contribution in [0.2, 0.25) is 0 Å². The third-order valence-electron chi connectivity index (χ3n) is 2.97. The fraction of sp³-hybridized carbons (Fsp3) is 0.111. The normalized spacial score (nSPS) is 10.5. The van der Waals surface area contributed by atoms with Crippen molar-refractivity contribution in [1.29, 1.82) is 0 Å². The smallest absolute Gasteiger partial charge is 0.328 e. The standard InChI is InChI=1S/C18H16O4/c19-17(20)11-9-15-7-4-8-16(13-15)22-18(21)12-10-14-5-2-1-3-6-14/h1-9,11,13H,10,12H2,(H,19,20)/b11-9+. The number of benzene rings is 2. The molecule has 2 aromatic carbocycles. The summed E-state index contributed by atoms with van der Waals surface area (Å²) in [5.41, 5.74) is 1.74. The Balaban J connectivity index is 1.91. The number of ether oxygens (including phenoxy) is 1. The highest BCUT2D eigenvalue weighted by Crippen LogP contribution is 2.15. The van der Waals surface area contributed by atoms with Crippen LogP contribution in [0.25, 0.3) is 6.08 Å². The molecule has 0 aliphatic heterocycles. The van der Waals surface area contributed by atoms with Crippen LogP contribution < -0.4 is 4.74 Å². The Morgan fingerprint density at radius 1 is 1.05 bits per heavy atom. The molecule has 0 aromatic heterocycles. The SMILES string of the molecule is O=C(O)/C=C/c1cccc(OC(=O)CCc2ccccc2)c1. The van der Waals surface area contributed by atoms with Crippen LogP contribution in [0.15, 0.2) is 60.7 Å². The predicted octanol–water partition coefficient (Wildman–Crippen LogP) is 3.32. The maximum atomic E-state index is 11.8. The zero-order valence-corrected chi connectivity index (χ0v) is 11.9. The third kappa shape index (κ3) is 5.25. The van der Waals surface area contributed by atoms with Crippen LogP contribution in [0, 0.1) is 0 Å². The lowest BCUT2D eigenvalue weighted by atomic mass is 10.1. The number of carboxylic acids is 1. The van der Waals surface area contributed by atoms with E-state index in [-0.39, 0.29) is 5.97 Å². The minimum atomic E-state index is -1.02. The van der Waals surface area contributed by atoms with Crippen molar-refractivity contribution >= 4 is 18.0 Å². The van der Waals surface area contributed by atoms with E-state index in [1.165, 1.54) is 6.08 Å². The van der Waals surface area contributed by atoms with Crippen molar-refractivity contribution in [2.24, 2.45) is 0 Å². The number of hydrogen-bond donors (Lipinski definition) is 1. The van der Waals surface area contributed by atoms with Crippen molar-refractivity contribution in [3.8, 4) is 5.75 Å². The second-order valence-corrected chi connectivity index (χ2v) is 4.70. The van der Waals surface area contributed by atoms with Gasteiger partial charge in [0.25, 0.3) is 0 Å². The summed E-state index contributed by atoms with van der Waals surface area (Å²) >= 11 is 0. The Kier molecular flexibility index (Phi) is 5.49. The van der Waals surface area contributed by atoms with Gasteiger partial charge < -0.3 is 9.84 Å². The minimum Gasteiger partial charge on any atom is -0.478 e. The molecule has 0 radical (unpaired) electrons. The summed E-state index contributed by atoms with van der Waals surface area (Å²) < 4.78 is 5.26. The number of carbonyl (C=O) groups excluding carboxylic acids is 1. The van der Waals surface area contributed by atoms with Crippen LogP contribution in [0.3, 0.4) is 0 Å². The molecule has 22 heavy (non-hydrogen) atoms. The number of aryl methyl sites for hydroxylation is 1. The number of hydrogen-bond acceptors (Lipinski definition) is 3. The maximum Gasteiger partial charge on any atom is 0.328 e. The van der Waals surface area contributed by atoms with E-state index in [4.69, 9.17) is 9.84 Å². The molecular formula is C18H16O4. The lowest BCUT2D eigenvalue weighted by Gasteiger charge is -2.05. The summed E-state index contributed by atoms with van der Waals surface area (Å²) in [6.45, 7) is 0. The summed E-state index contributed by atoms with van der Waals surface area (Å²) in [5.74, 6) is -0.931. The Bertz CT molecular complexity index is 674. The second kappa shape index (κ2) is 7.78. The molecule has 4 nitrogen and oxygen atoms in total. The lowest BCUT2D eigenvalue weighted by Crippen LogP contribution is -2.09. The van der Waals surface area contributed by atoms with Gasteiger partial charge in [0.05, 0.1) is 0 Å². The number of esters is 1. The molecule has 0 saturated carbocycles. The van der Waals surface area contributed by atoms with E-state index >= 15 is 0 Å². The van der Waals surface area contributed by atoms with Gasteiger partial charge in [0.15, 0.2) is 0 Å². The third-order valence-corrected chi connectivity index (χ3v) is 2.97. The molecule has 4 heteroatoms. The van der Waals surface area contributed by atoms with Crippen molar-refractivity contribution in [3.05, 3.63) is 71.8 Å². The fourth-order valence-electron chi connectivity index (χ4n) is 1.92. The molecule has 0 saturated heterocycles. The zero-order valence-electron chi connectivity index (χ0n) is 11.9. The van der Waals surface area contributed by atoms with Gasteiger partial charge in [0, 0.05) is 12.5 Å². The molecule has 0 bridgehead atoms. The summed E-state index contributed by atoms with van der Waals surface area (Å²) in [7, 11) is 0. The molecule has 0 heterocycles. The van der Waals surface area contributed by atoms with E-state index in [0.29, 0.717) is 24.2 Å². The second-order valence-electron chi connectivity index (χ2n) is 4.70. The minimum absolute atomic E-state index is 0.291. The molecule has 0 atom stereocenters. The van der Waals surface area contributed by atoms with Crippen LogP contribution in [-0.2, 0) is 16.0 Å². The van der Waals surface area contributed by atoms with Gasteiger partial charge in [-0.3, -0.25) is 4.79 Å². The molecule has 112 valence electrons. The first kappa shape index (κ1) is 15.5. The Morgan fingerprint density at radius 3 is 2.55 bits per heavy atom. The average Bonchev–Trinajstić information content (AvgIpc) is 2.52. The van der Waals surface area contributed by atoms with E-state index in [1.54, 1.807) is 24.3 Å². The summed E-state index contributed by atoms with van der Waals surface area (Å²) in [4.78, 5) is 22.3. The quantitative estimate of drug-likeness (QED) is 0.504. The van der Waals surface area contributed by atoms with E-state index in [9.17, 15) is 9.59 Å². The van der Waals surface area contributed by atoms with Gasteiger partial charge >= 0.3 is 11.9 Å². The summed E-state index contributed by atoms with van der Waals surface area (Å²) in [6.07, 6.45) is 3.40. The van der Waals surface area contributed by atoms with Gasteiger partial charge in [0.2, 0.25) is 0 Å². The molecule has 2 rings (SSSR count). The van der Waals surface area contributed by atoms with Crippen LogP contribution in [0.4, 0.5) is 0 Å². The van der Waals surface area contributed by atoms with Crippen molar-refractivity contribution in [2.75, 3.05) is 0 Å². The highest BCUT2D eigenvalue weighted by atomic mass is 16.5. The van der Waals surface area contributed by atoms with Crippen LogP contribution in [0.1, 0.15) is 17.5 Å². The predicted molar refractivity (Wildman–Crippen MR) is 83.5 cm³/mol. The van der Waals surface area contributed by atoms with E-state index in [0.717, 1.165) is 11.6 Å². The van der Waals surface area contributed by atoms with Crippen LogP contribution in [0.5, 0.6) is 5.75 Å². The monoisotopic (exact) mass is 296 g/mol. The molecule has 0 aliphatic carbocycles. The maximum absolute atomic E-state index is 11.8. The van der Waals surface area contributed by atoms with E-state index in [1.807, 2.05) is 30.3 Å². The topological polar surface area (TPSA) is 63.6 Å². The molecule has 0 amide bonds. The van der Waals surface area contributed by atoms with Gasteiger partial charge in [-0.25, -0.2) is 4.79 Å². The highest BCUT2D eigenvalue weighted by Gasteiger charge is 2.05. The molecule has 0 fully saturated rings. The largest absolute Gasteiger partial charge is 0.478 e. The van der Waals surface area contributed by atoms with Gasteiger partial charge in [-0.1, -0.05) is 42.5 Å². The van der Waals surface area contributed by atoms with Gasteiger partial charge in [0.1, 0.15) is 5.75 Å². The number of rotatable bonds is 6. The Hall–Kier alpha value is -2.88. The fourth-order valence-corrected chi connectivity index (χ4v) is 1.92.